The van der Waals surface area contributed by atoms with Crippen molar-refractivity contribution in [1.29, 1.82) is 0 Å². The molecule has 0 saturated heterocycles. The number of allylic oxidation sites excluding steroid dienone is 1. The molecule has 0 fully saturated rings. The van der Waals surface area contributed by atoms with Crippen LogP contribution in [0.2, 0.25) is 0 Å². The maximum Gasteiger partial charge on any atom is 0.306 e. The molecular formula is C22H44O6. The molecule has 0 aliphatic carbocycles. The number of rotatable bonds is 13. The van der Waals surface area contributed by atoms with Gasteiger partial charge in [0.15, 0.2) is 11.6 Å². The Morgan fingerprint density at radius 1 is 0.929 bits per heavy atom. The number of unbranched alkanes of at least 4 members (excludes halogenated alkanes) is 7. The van der Waals surface area contributed by atoms with Gasteiger partial charge in [0, 0.05) is 6.42 Å². The molecule has 28 heavy (non-hydrogen) atoms. The monoisotopic (exact) mass is 404 g/mol. The predicted molar refractivity (Wildman–Crippen MR) is 115 cm³/mol. The SMILES string of the molecule is C.C=CCCCCCC.CC(=O)C(O)O.CCCCCCC(=O)OCC(C)=O. The van der Waals surface area contributed by atoms with E-state index in [9.17, 15) is 14.4 Å². The lowest BCUT2D eigenvalue weighted by Gasteiger charge is -2.01. The molecular weight excluding hydrogens is 360 g/mol. The van der Waals surface area contributed by atoms with Crippen molar-refractivity contribution in [2.75, 3.05) is 6.61 Å². The van der Waals surface area contributed by atoms with Crippen LogP contribution in [0.4, 0.5) is 0 Å². The molecule has 6 heteroatoms. The van der Waals surface area contributed by atoms with Crippen molar-refractivity contribution >= 4 is 17.5 Å². The third-order valence-corrected chi connectivity index (χ3v) is 3.30. The van der Waals surface area contributed by atoms with E-state index in [0.717, 1.165) is 32.6 Å². The smallest absolute Gasteiger partial charge is 0.306 e. The lowest BCUT2D eigenvalue weighted by molar-refractivity contribution is -0.147. The van der Waals surface area contributed by atoms with E-state index >= 15 is 0 Å². The summed E-state index contributed by atoms with van der Waals surface area (Å²) in [5, 5.41) is 15.7. The molecule has 0 aromatic rings. The molecule has 2 N–H and O–H groups in total. The second kappa shape index (κ2) is 27.7. The number of aliphatic hydroxyl groups is 2. The summed E-state index contributed by atoms with van der Waals surface area (Å²) in [6, 6.07) is 0. The minimum Gasteiger partial charge on any atom is -0.458 e. The van der Waals surface area contributed by atoms with E-state index in [-0.39, 0.29) is 25.8 Å². The zero-order chi connectivity index (χ0) is 21.5. The molecule has 0 amide bonds. The molecule has 0 saturated carbocycles. The quantitative estimate of drug-likeness (QED) is 0.199. The van der Waals surface area contributed by atoms with Crippen LogP contribution in [-0.4, -0.2) is 40.6 Å². The van der Waals surface area contributed by atoms with Gasteiger partial charge in [-0.25, -0.2) is 0 Å². The Kier molecular flexibility index (Phi) is 33.6. The van der Waals surface area contributed by atoms with Crippen LogP contribution in [0, 0.1) is 0 Å². The molecule has 0 bridgehead atoms. The van der Waals surface area contributed by atoms with Crippen molar-refractivity contribution in [3.8, 4) is 0 Å². The van der Waals surface area contributed by atoms with Gasteiger partial charge >= 0.3 is 5.97 Å². The first-order valence-corrected chi connectivity index (χ1v) is 9.85. The van der Waals surface area contributed by atoms with Gasteiger partial charge in [0.25, 0.3) is 0 Å². The lowest BCUT2D eigenvalue weighted by Crippen LogP contribution is -2.14. The maximum atomic E-state index is 10.9. The fraction of sp³-hybridized carbons (Fsp3) is 0.773. The number of hydrogen-bond acceptors (Lipinski definition) is 6. The van der Waals surface area contributed by atoms with Crippen LogP contribution in [0.3, 0.4) is 0 Å². The zero-order valence-electron chi connectivity index (χ0n) is 17.7. The van der Waals surface area contributed by atoms with E-state index in [1.165, 1.54) is 39.0 Å². The van der Waals surface area contributed by atoms with Gasteiger partial charge in [0.1, 0.15) is 6.61 Å². The van der Waals surface area contributed by atoms with E-state index in [1.54, 1.807) is 0 Å². The van der Waals surface area contributed by atoms with Crippen LogP contribution < -0.4 is 0 Å². The molecule has 0 heterocycles. The van der Waals surface area contributed by atoms with Gasteiger partial charge in [-0.15, -0.1) is 6.58 Å². The Hall–Kier alpha value is -1.53. The van der Waals surface area contributed by atoms with Gasteiger partial charge in [-0.2, -0.15) is 0 Å². The van der Waals surface area contributed by atoms with Crippen LogP contribution in [0.25, 0.3) is 0 Å². The minimum absolute atomic E-state index is 0. The molecule has 0 radical (unpaired) electrons. The Labute approximate surface area is 172 Å². The van der Waals surface area contributed by atoms with Gasteiger partial charge in [0.05, 0.1) is 0 Å². The number of carbonyl (C=O) groups excluding carboxylic acids is 3. The number of carbonyl (C=O) groups is 3. The first-order chi connectivity index (χ1) is 12.7. The molecule has 0 aliphatic heterocycles. The Morgan fingerprint density at radius 2 is 1.39 bits per heavy atom. The molecule has 6 nitrogen and oxygen atoms in total. The number of hydrogen-bond donors (Lipinski definition) is 2. The molecule has 0 unspecified atom stereocenters. The summed E-state index contributed by atoms with van der Waals surface area (Å²) in [6.07, 6.45) is 11.5. The molecule has 0 spiro atoms. The molecule has 0 atom stereocenters. The van der Waals surface area contributed by atoms with Crippen LogP contribution in [0.15, 0.2) is 12.7 Å². The topological polar surface area (TPSA) is 101 Å². The summed E-state index contributed by atoms with van der Waals surface area (Å²) in [7, 11) is 0. The van der Waals surface area contributed by atoms with Gasteiger partial charge in [-0.05, 0) is 33.1 Å². The highest BCUT2D eigenvalue weighted by atomic mass is 16.5. The summed E-state index contributed by atoms with van der Waals surface area (Å²) in [5.74, 6) is -0.997. The summed E-state index contributed by atoms with van der Waals surface area (Å²) in [5.41, 5.74) is 0. The maximum absolute atomic E-state index is 10.9. The largest absolute Gasteiger partial charge is 0.458 e. The average molecular weight is 405 g/mol. The Bertz CT molecular complexity index is 377. The normalized spacial score (nSPS) is 9.11. The van der Waals surface area contributed by atoms with Gasteiger partial charge in [-0.1, -0.05) is 65.9 Å². The number of ketones is 2. The lowest BCUT2D eigenvalue weighted by atomic mass is 10.2. The minimum atomic E-state index is -1.79. The highest BCUT2D eigenvalue weighted by molar-refractivity contribution is 5.80. The first kappa shape index (κ1) is 34.0. The van der Waals surface area contributed by atoms with E-state index in [4.69, 9.17) is 14.9 Å². The Balaban J connectivity index is -0.000000165. The Morgan fingerprint density at radius 3 is 1.75 bits per heavy atom. The van der Waals surface area contributed by atoms with Crippen LogP contribution in [-0.2, 0) is 19.1 Å². The molecule has 168 valence electrons. The number of Topliss-reactive ketones (excluding diaryl/α,β-unsaturated/α-hetero) is 2. The van der Waals surface area contributed by atoms with Crippen LogP contribution >= 0.6 is 0 Å². The van der Waals surface area contributed by atoms with Crippen LogP contribution in [0.5, 0.6) is 0 Å². The van der Waals surface area contributed by atoms with E-state index in [2.05, 4.69) is 20.4 Å². The predicted octanol–water partition coefficient (Wildman–Crippen LogP) is 4.75. The second-order valence-electron chi connectivity index (χ2n) is 6.30. The van der Waals surface area contributed by atoms with Crippen molar-refractivity contribution in [1.82, 2.24) is 0 Å². The van der Waals surface area contributed by atoms with Crippen molar-refractivity contribution in [2.45, 2.75) is 106 Å². The summed E-state index contributed by atoms with van der Waals surface area (Å²) >= 11 is 0. The van der Waals surface area contributed by atoms with Gasteiger partial charge < -0.3 is 14.9 Å². The van der Waals surface area contributed by atoms with Gasteiger partial charge in [-0.3, -0.25) is 14.4 Å². The number of aliphatic hydroxyl groups excluding tert-OH is 1. The van der Waals surface area contributed by atoms with E-state index < -0.39 is 12.1 Å². The highest BCUT2D eigenvalue weighted by Gasteiger charge is 2.03. The molecule has 0 aromatic heterocycles. The van der Waals surface area contributed by atoms with Crippen molar-refractivity contribution in [3.63, 3.8) is 0 Å². The van der Waals surface area contributed by atoms with Gasteiger partial charge in [0.2, 0.25) is 6.29 Å². The average Bonchev–Trinajstić information content (AvgIpc) is 2.62. The summed E-state index contributed by atoms with van der Waals surface area (Å²) < 4.78 is 4.70. The highest BCUT2D eigenvalue weighted by Crippen LogP contribution is 2.03. The zero-order valence-corrected chi connectivity index (χ0v) is 17.7. The van der Waals surface area contributed by atoms with Crippen molar-refractivity contribution in [2.24, 2.45) is 0 Å². The third kappa shape index (κ3) is 39.5. The first-order valence-electron chi connectivity index (χ1n) is 9.85. The van der Waals surface area contributed by atoms with Crippen molar-refractivity contribution in [3.05, 3.63) is 12.7 Å². The summed E-state index contributed by atoms with van der Waals surface area (Å²) in [4.78, 5) is 31.0. The van der Waals surface area contributed by atoms with E-state index in [0.29, 0.717) is 6.42 Å². The van der Waals surface area contributed by atoms with E-state index in [1.807, 2.05) is 6.08 Å². The molecule has 0 aliphatic rings. The van der Waals surface area contributed by atoms with Crippen LogP contribution in [0.1, 0.15) is 99.3 Å². The number of ether oxygens (including phenoxy) is 1. The molecule has 0 aromatic carbocycles. The fourth-order valence-electron chi connectivity index (χ4n) is 1.67. The third-order valence-electron chi connectivity index (χ3n) is 3.30. The number of esters is 1. The standard InChI is InChI=1S/C10H18O3.C8H16.C3H6O3.CH4/c1-3-4-5-6-7-10(12)13-8-9(2)11;1-3-5-7-8-6-4-2;1-2(4)3(5)6;/h3-8H2,1-2H3;3H,1,4-8H2,2H3;3,5-6H,1H3;1H4. The fourth-order valence-corrected chi connectivity index (χ4v) is 1.67. The second-order valence-corrected chi connectivity index (χ2v) is 6.30. The molecule has 0 rings (SSSR count). The van der Waals surface area contributed by atoms with Crippen molar-refractivity contribution < 1.29 is 29.3 Å². The summed E-state index contributed by atoms with van der Waals surface area (Å²) in [6.45, 7) is 10.4.